The quantitative estimate of drug-likeness (QED) is 0.687. The molecule has 0 aromatic heterocycles. The van der Waals surface area contributed by atoms with Crippen LogP contribution in [0, 0.1) is 0 Å². The van der Waals surface area contributed by atoms with Gasteiger partial charge in [-0.15, -0.1) is 0 Å². The molecular formula is C7H9F2NO3. The number of hydrogen-bond donors (Lipinski definition) is 1. The Balaban J connectivity index is 2.65. The largest absolute Gasteiger partial charge is 0.480 e. The van der Waals surface area contributed by atoms with Crippen molar-refractivity contribution in [2.24, 2.45) is 0 Å². The van der Waals surface area contributed by atoms with Crippen LogP contribution in [0.4, 0.5) is 8.78 Å². The highest BCUT2D eigenvalue weighted by atomic mass is 19.3. The van der Waals surface area contributed by atoms with E-state index in [1.807, 2.05) is 0 Å². The van der Waals surface area contributed by atoms with Crippen LogP contribution in [0.5, 0.6) is 0 Å². The highest BCUT2D eigenvalue weighted by molar-refractivity contribution is 5.89. The molecule has 1 atom stereocenters. The number of carboxylic acids is 1. The summed E-state index contributed by atoms with van der Waals surface area (Å²) in [5, 5.41) is 8.48. The van der Waals surface area contributed by atoms with Crippen molar-refractivity contribution < 1.29 is 23.5 Å². The number of halogens is 2. The molecule has 6 heteroatoms. The maximum Gasteiger partial charge on any atom is 0.326 e. The van der Waals surface area contributed by atoms with Crippen LogP contribution in [0.25, 0.3) is 0 Å². The summed E-state index contributed by atoms with van der Waals surface area (Å²) in [6, 6.07) is -1.07. The molecule has 1 aliphatic rings. The van der Waals surface area contributed by atoms with Crippen molar-refractivity contribution in [3.63, 3.8) is 0 Å². The van der Waals surface area contributed by atoms with E-state index in [4.69, 9.17) is 5.11 Å². The maximum atomic E-state index is 12.4. The predicted octanol–water partition coefficient (Wildman–Crippen LogP) is 0.327. The van der Waals surface area contributed by atoms with Gasteiger partial charge in [-0.25, -0.2) is 4.79 Å². The average molecular weight is 193 g/mol. The third kappa shape index (κ3) is 1.76. The normalized spacial score (nSPS) is 22.4. The van der Waals surface area contributed by atoms with Crippen LogP contribution in [0.3, 0.4) is 0 Å². The average Bonchev–Trinajstić information content (AvgIpc) is 1.80. The zero-order valence-electron chi connectivity index (χ0n) is 6.96. The summed E-state index contributed by atoms with van der Waals surface area (Å²) < 4.78 is 24.9. The van der Waals surface area contributed by atoms with E-state index in [9.17, 15) is 18.4 Å². The standard InChI is InChI=1S/C7H9F2NO3/c1-7(8,9)6(13)10-3-2-4(10)5(11)12/h4H,2-3H2,1H3,(H,11,12). The van der Waals surface area contributed by atoms with Crippen LogP contribution in [-0.2, 0) is 9.59 Å². The lowest BCUT2D eigenvalue weighted by Gasteiger charge is -2.39. The van der Waals surface area contributed by atoms with Gasteiger partial charge in [-0.2, -0.15) is 8.78 Å². The molecule has 0 saturated carbocycles. The van der Waals surface area contributed by atoms with Gasteiger partial charge in [-0.1, -0.05) is 0 Å². The van der Waals surface area contributed by atoms with Crippen LogP contribution in [0.1, 0.15) is 13.3 Å². The SMILES string of the molecule is CC(F)(F)C(=O)N1CCC1C(=O)O. The van der Waals surface area contributed by atoms with Crippen LogP contribution >= 0.6 is 0 Å². The molecule has 4 nitrogen and oxygen atoms in total. The highest BCUT2D eigenvalue weighted by Crippen LogP contribution is 2.24. The van der Waals surface area contributed by atoms with Crippen molar-refractivity contribution in [1.82, 2.24) is 4.90 Å². The number of likely N-dealkylation sites (tertiary alicyclic amines) is 1. The fourth-order valence-corrected chi connectivity index (χ4v) is 1.14. The van der Waals surface area contributed by atoms with Gasteiger partial charge < -0.3 is 10.0 Å². The smallest absolute Gasteiger partial charge is 0.326 e. The first-order valence-electron chi connectivity index (χ1n) is 3.75. The predicted molar refractivity (Wildman–Crippen MR) is 38.4 cm³/mol. The first-order chi connectivity index (χ1) is 5.84. The van der Waals surface area contributed by atoms with Gasteiger partial charge in [-0.3, -0.25) is 4.79 Å². The minimum absolute atomic E-state index is 0.0965. The van der Waals surface area contributed by atoms with Gasteiger partial charge in [0.25, 0.3) is 5.91 Å². The Morgan fingerprint density at radius 1 is 1.54 bits per heavy atom. The van der Waals surface area contributed by atoms with Crippen molar-refractivity contribution in [2.45, 2.75) is 25.3 Å². The number of hydrogen-bond acceptors (Lipinski definition) is 2. The third-order valence-electron chi connectivity index (χ3n) is 1.94. The minimum atomic E-state index is -3.48. The van der Waals surface area contributed by atoms with E-state index in [0.717, 1.165) is 0 Å². The van der Waals surface area contributed by atoms with Crippen molar-refractivity contribution in [3.8, 4) is 0 Å². The lowest BCUT2D eigenvalue weighted by molar-refractivity contribution is -0.171. The molecule has 1 saturated heterocycles. The van der Waals surface area contributed by atoms with Crippen LogP contribution in [0.15, 0.2) is 0 Å². The first-order valence-corrected chi connectivity index (χ1v) is 3.75. The molecule has 0 aromatic rings. The van der Waals surface area contributed by atoms with Crippen LogP contribution in [-0.4, -0.2) is 40.4 Å². The van der Waals surface area contributed by atoms with E-state index in [1.54, 1.807) is 0 Å². The molecule has 1 fully saturated rings. The lowest BCUT2D eigenvalue weighted by Crippen LogP contribution is -2.58. The topological polar surface area (TPSA) is 57.6 Å². The van der Waals surface area contributed by atoms with Gasteiger partial charge in [0, 0.05) is 13.5 Å². The molecule has 1 N–H and O–H groups in total. The van der Waals surface area contributed by atoms with E-state index in [-0.39, 0.29) is 13.0 Å². The van der Waals surface area contributed by atoms with Gasteiger partial charge in [0.15, 0.2) is 0 Å². The molecule has 1 heterocycles. The molecule has 13 heavy (non-hydrogen) atoms. The Morgan fingerprint density at radius 3 is 2.31 bits per heavy atom. The van der Waals surface area contributed by atoms with Crippen molar-refractivity contribution in [3.05, 3.63) is 0 Å². The zero-order chi connectivity index (χ0) is 10.2. The Kier molecular flexibility index (Phi) is 2.23. The van der Waals surface area contributed by atoms with Gasteiger partial charge in [-0.05, 0) is 6.42 Å². The van der Waals surface area contributed by atoms with Gasteiger partial charge in [0.05, 0.1) is 0 Å². The first kappa shape index (κ1) is 9.88. The molecule has 1 aliphatic heterocycles. The van der Waals surface area contributed by atoms with E-state index >= 15 is 0 Å². The highest BCUT2D eigenvalue weighted by Gasteiger charge is 2.46. The van der Waals surface area contributed by atoms with E-state index in [2.05, 4.69) is 0 Å². The molecule has 1 unspecified atom stereocenters. The molecule has 0 aliphatic carbocycles. The molecule has 0 bridgehead atoms. The number of rotatable bonds is 2. The maximum absolute atomic E-state index is 12.4. The summed E-state index contributed by atoms with van der Waals surface area (Å²) in [6.45, 7) is 0.561. The fourth-order valence-electron chi connectivity index (χ4n) is 1.14. The summed E-state index contributed by atoms with van der Waals surface area (Å²) in [4.78, 5) is 21.9. The number of carbonyl (C=O) groups excluding carboxylic acids is 1. The summed E-state index contributed by atoms with van der Waals surface area (Å²) in [6.07, 6.45) is 0.247. The molecule has 1 rings (SSSR count). The molecule has 0 aromatic carbocycles. The van der Waals surface area contributed by atoms with Gasteiger partial charge in [0.2, 0.25) is 0 Å². The van der Waals surface area contributed by atoms with E-state index < -0.39 is 23.8 Å². The minimum Gasteiger partial charge on any atom is -0.480 e. The number of carboxylic acid groups (broad SMARTS) is 1. The van der Waals surface area contributed by atoms with Crippen LogP contribution in [0.2, 0.25) is 0 Å². The summed E-state index contributed by atoms with van der Waals surface area (Å²) >= 11 is 0. The van der Waals surface area contributed by atoms with Crippen molar-refractivity contribution >= 4 is 11.9 Å². The number of carbonyl (C=O) groups is 2. The third-order valence-corrected chi connectivity index (χ3v) is 1.94. The lowest BCUT2D eigenvalue weighted by atomic mass is 10.0. The molecule has 0 radical (unpaired) electrons. The van der Waals surface area contributed by atoms with Gasteiger partial charge >= 0.3 is 11.9 Å². The monoisotopic (exact) mass is 193 g/mol. The summed E-state index contributed by atoms with van der Waals surface area (Å²) in [5.41, 5.74) is 0. The summed E-state index contributed by atoms with van der Waals surface area (Å²) in [7, 11) is 0. The molecule has 1 amide bonds. The van der Waals surface area contributed by atoms with E-state index in [1.165, 1.54) is 0 Å². The number of alkyl halides is 2. The Hall–Kier alpha value is -1.20. The Morgan fingerprint density at radius 2 is 2.08 bits per heavy atom. The van der Waals surface area contributed by atoms with Gasteiger partial charge in [0.1, 0.15) is 6.04 Å². The Labute approximate surface area is 73.1 Å². The zero-order valence-corrected chi connectivity index (χ0v) is 6.96. The van der Waals surface area contributed by atoms with Crippen molar-refractivity contribution in [2.75, 3.05) is 6.54 Å². The van der Waals surface area contributed by atoms with E-state index in [0.29, 0.717) is 11.8 Å². The summed E-state index contributed by atoms with van der Waals surface area (Å²) in [5.74, 6) is -6.12. The molecule has 0 spiro atoms. The van der Waals surface area contributed by atoms with Crippen LogP contribution < -0.4 is 0 Å². The molecular weight excluding hydrogens is 184 g/mol. The second-order valence-corrected chi connectivity index (χ2v) is 3.03. The Bertz CT molecular complexity index is 249. The number of amides is 1. The van der Waals surface area contributed by atoms with Crippen molar-refractivity contribution in [1.29, 1.82) is 0 Å². The number of nitrogens with zero attached hydrogens (tertiary/aromatic N) is 1. The second kappa shape index (κ2) is 2.93. The number of aliphatic carboxylic acids is 1. The second-order valence-electron chi connectivity index (χ2n) is 3.03. The molecule has 74 valence electrons. The fraction of sp³-hybridized carbons (Fsp3) is 0.714.